The Bertz CT molecular complexity index is 184. The number of hydrogen-bond donors (Lipinski definition) is 1. The molecule has 0 aromatic rings. The SMILES string of the molecule is CN(C)C(=O)C(F)(F)C(C)(C)O. The molecule has 1 amide bonds. The summed E-state index contributed by atoms with van der Waals surface area (Å²) in [6, 6.07) is 0. The number of carbonyl (C=O) groups excluding carboxylic acids is 1. The van der Waals surface area contributed by atoms with Gasteiger partial charge in [0, 0.05) is 14.1 Å². The number of amides is 1. The minimum absolute atomic E-state index is 0.748. The number of carbonyl (C=O) groups is 1. The predicted molar refractivity (Wildman–Crippen MR) is 39.9 cm³/mol. The average Bonchev–Trinajstić information content (AvgIpc) is 1.83. The van der Waals surface area contributed by atoms with Crippen LogP contribution in [0.5, 0.6) is 0 Å². The monoisotopic (exact) mass is 181 g/mol. The number of rotatable bonds is 2. The standard InChI is InChI=1S/C7H13F2NO2/c1-6(2,12)7(8,9)5(11)10(3)4/h12H,1-4H3. The molecule has 0 aromatic carbocycles. The van der Waals surface area contributed by atoms with E-state index in [0.717, 1.165) is 18.7 Å². The summed E-state index contributed by atoms with van der Waals surface area (Å²) in [6.45, 7) is 1.79. The van der Waals surface area contributed by atoms with E-state index in [0.29, 0.717) is 0 Å². The van der Waals surface area contributed by atoms with Gasteiger partial charge in [-0.2, -0.15) is 8.78 Å². The molecular weight excluding hydrogens is 168 g/mol. The van der Waals surface area contributed by atoms with E-state index in [2.05, 4.69) is 0 Å². The van der Waals surface area contributed by atoms with Gasteiger partial charge in [-0.05, 0) is 13.8 Å². The average molecular weight is 181 g/mol. The Hall–Kier alpha value is -0.710. The highest BCUT2D eigenvalue weighted by molar-refractivity contribution is 5.84. The van der Waals surface area contributed by atoms with Crippen LogP contribution in [0.3, 0.4) is 0 Å². The Morgan fingerprint density at radius 2 is 1.67 bits per heavy atom. The molecule has 0 unspecified atom stereocenters. The van der Waals surface area contributed by atoms with Crippen molar-refractivity contribution in [1.82, 2.24) is 4.90 Å². The Morgan fingerprint density at radius 1 is 1.33 bits per heavy atom. The number of nitrogens with zero attached hydrogens (tertiary/aromatic N) is 1. The van der Waals surface area contributed by atoms with Crippen molar-refractivity contribution in [1.29, 1.82) is 0 Å². The third-order valence-corrected chi connectivity index (χ3v) is 1.44. The first kappa shape index (κ1) is 11.3. The van der Waals surface area contributed by atoms with E-state index >= 15 is 0 Å². The first-order valence-electron chi connectivity index (χ1n) is 3.42. The molecule has 0 aliphatic rings. The lowest BCUT2D eigenvalue weighted by atomic mass is 10.00. The van der Waals surface area contributed by atoms with Crippen LogP contribution in [0.25, 0.3) is 0 Å². The zero-order valence-corrected chi connectivity index (χ0v) is 7.56. The smallest absolute Gasteiger partial charge is 0.352 e. The van der Waals surface area contributed by atoms with Crippen molar-refractivity contribution in [2.75, 3.05) is 14.1 Å². The second kappa shape index (κ2) is 2.97. The molecule has 0 radical (unpaired) electrons. The van der Waals surface area contributed by atoms with E-state index < -0.39 is 17.4 Å². The summed E-state index contributed by atoms with van der Waals surface area (Å²) in [6.07, 6.45) is 0. The van der Waals surface area contributed by atoms with Gasteiger partial charge in [0.1, 0.15) is 5.60 Å². The Morgan fingerprint density at radius 3 is 1.75 bits per heavy atom. The quantitative estimate of drug-likeness (QED) is 0.673. The Labute approximate surface area is 70.0 Å². The highest BCUT2D eigenvalue weighted by Crippen LogP contribution is 2.29. The third kappa shape index (κ3) is 1.91. The molecule has 0 heterocycles. The van der Waals surface area contributed by atoms with Crippen molar-refractivity contribution < 1.29 is 18.7 Å². The van der Waals surface area contributed by atoms with Crippen molar-refractivity contribution >= 4 is 5.91 Å². The molecule has 72 valence electrons. The maximum Gasteiger partial charge on any atom is 0.352 e. The molecule has 0 saturated carbocycles. The van der Waals surface area contributed by atoms with Gasteiger partial charge in [-0.15, -0.1) is 0 Å². The zero-order valence-electron chi connectivity index (χ0n) is 7.56. The van der Waals surface area contributed by atoms with Gasteiger partial charge in [0.15, 0.2) is 0 Å². The third-order valence-electron chi connectivity index (χ3n) is 1.44. The van der Waals surface area contributed by atoms with Crippen LogP contribution in [-0.2, 0) is 4.79 Å². The first-order valence-corrected chi connectivity index (χ1v) is 3.42. The molecule has 0 saturated heterocycles. The summed E-state index contributed by atoms with van der Waals surface area (Å²) in [5, 5.41) is 8.97. The van der Waals surface area contributed by atoms with Crippen molar-refractivity contribution in [3.8, 4) is 0 Å². The molecule has 12 heavy (non-hydrogen) atoms. The molecule has 0 atom stereocenters. The summed E-state index contributed by atoms with van der Waals surface area (Å²) in [5.41, 5.74) is -2.33. The van der Waals surface area contributed by atoms with E-state index in [-0.39, 0.29) is 0 Å². The van der Waals surface area contributed by atoms with Crippen LogP contribution in [0.1, 0.15) is 13.8 Å². The van der Waals surface area contributed by atoms with Crippen LogP contribution in [0.4, 0.5) is 8.78 Å². The molecule has 0 aliphatic carbocycles. The molecular formula is C7H13F2NO2. The van der Waals surface area contributed by atoms with Gasteiger partial charge in [-0.1, -0.05) is 0 Å². The van der Waals surface area contributed by atoms with E-state index in [9.17, 15) is 13.6 Å². The second-order valence-corrected chi connectivity index (χ2v) is 3.33. The highest BCUT2D eigenvalue weighted by Gasteiger charge is 2.53. The fourth-order valence-electron chi connectivity index (χ4n) is 0.543. The molecule has 5 heteroatoms. The van der Waals surface area contributed by atoms with E-state index in [4.69, 9.17) is 5.11 Å². The predicted octanol–water partition coefficient (Wildman–Crippen LogP) is 0.481. The van der Waals surface area contributed by atoms with Gasteiger partial charge in [0.2, 0.25) is 0 Å². The summed E-state index contributed by atoms with van der Waals surface area (Å²) in [4.78, 5) is 11.6. The summed E-state index contributed by atoms with van der Waals surface area (Å²) in [5.74, 6) is -5.13. The molecule has 0 aliphatic heterocycles. The minimum Gasteiger partial charge on any atom is -0.384 e. The molecule has 0 bridgehead atoms. The first-order chi connectivity index (χ1) is 5.10. The zero-order chi connectivity index (χ0) is 10.2. The molecule has 0 fully saturated rings. The normalized spacial score (nSPS) is 12.9. The van der Waals surface area contributed by atoms with Gasteiger partial charge in [0.25, 0.3) is 5.91 Å². The van der Waals surface area contributed by atoms with Crippen LogP contribution >= 0.6 is 0 Å². The number of aliphatic hydroxyl groups is 1. The van der Waals surface area contributed by atoms with Crippen LogP contribution in [0, 0.1) is 0 Å². The molecule has 1 N–H and O–H groups in total. The summed E-state index contributed by atoms with van der Waals surface area (Å²) < 4.78 is 25.9. The van der Waals surface area contributed by atoms with Gasteiger partial charge in [-0.3, -0.25) is 4.79 Å². The molecule has 3 nitrogen and oxygen atoms in total. The number of hydrogen-bond acceptors (Lipinski definition) is 2. The van der Waals surface area contributed by atoms with Gasteiger partial charge in [0.05, 0.1) is 0 Å². The number of halogens is 2. The van der Waals surface area contributed by atoms with E-state index in [1.165, 1.54) is 14.1 Å². The maximum absolute atomic E-state index is 12.9. The van der Waals surface area contributed by atoms with Crippen LogP contribution in [0.15, 0.2) is 0 Å². The summed E-state index contributed by atoms with van der Waals surface area (Å²) >= 11 is 0. The Balaban J connectivity index is 4.74. The molecule has 0 rings (SSSR count). The lowest BCUT2D eigenvalue weighted by molar-refractivity contribution is -0.190. The summed E-state index contributed by atoms with van der Waals surface area (Å²) in [7, 11) is 2.42. The van der Waals surface area contributed by atoms with Gasteiger partial charge in [-0.25, -0.2) is 0 Å². The Kier molecular flexibility index (Phi) is 2.79. The fraction of sp³-hybridized carbons (Fsp3) is 0.857. The highest BCUT2D eigenvalue weighted by atomic mass is 19.3. The largest absolute Gasteiger partial charge is 0.384 e. The maximum atomic E-state index is 12.9. The van der Waals surface area contributed by atoms with Crippen molar-refractivity contribution in [3.05, 3.63) is 0 Å². The number of alkyl halides is 2. The van der Waals surface area contributed by atoms with E-state index in [1.807, 2.05) is 0 Å². The minimum atomic E-state index is -3.74. The van der Waals surface area contributed by atoms with Gasteiger partial charge >= 0.3 is 5.92 Å². The molecule has 0 aromatic heterocycles. The topological polar surface area (TPSA) is 40.5 Å². The van der Waals surface area contributed by atoms with Crippen molar-refractivity contribution in [2.24, 2.45) is 0 Å². The second-order valence-electron chi connectivity index (χ2n) is 3.33. The lowest BCUT2D eigenvalue weighted by Crippen LogP contribution is -2.53. The van der Waals surface area contributed by atoms with Gasteiger partial charge < -0.3 is 10.0 Å². The van der Waals surface area contributed by atoms with Crippen molar-refractivity contribution in [3.63, 3.8) is 0 Å². The van der Waals surface area contributed by atoms with Crippen LogP contribution in [0.2, 0.25) is 0 Å². The van der Waals surface area contributed by atoms with Crippen LogP contribution in [-0.4, -0.2) is 41.5 Å². The van der Waals surface area contributed by atoms with Crippen LogP contribution < -0.4 is 0 Å². The molecule has 0 spiro atoms. The van der Waals surface area contributed by atoms with E-state index in [1.54, 1.807) is 0 Å². The van der Waals surface area contributed by atoms with Crippen molar-refractivity contribution in [2.45, 2.75) is 25.4 Å². The fourth-order valence-corrected chi connectivity index (χ4v) is 0.543. The lowest BCUT2D eigenvalue weighted by Gasteiger charge is -2.29.